The second-order valence-electron chi connectivity index (χ2n) is 6.65. The van der Waals surface area contributed by atoms with E-state index in [0.717, 1.165) is 17.9 Å². The molecule has 0 radical (unpaired) electrons. The van der Waals surface area contributed by atoms with Crippen LogP contribution in [0.25, 0.3) is 0 Å². The van der Waals surface area contributed by atoms with Crippen molar-refractivity contribution in [3.05, 3.63) is 0 Å². The normalized spacial score (nSPS) is 40.3. The third-order valence-corrected chi connectivity index (χ3v) is 5.49. The van der Waals surface area contributed by atoms with Gasteiger partial charge in [-0.25, -0.2) is 0 Å². The third kappa shape index (κ3) is 2.45. The summed E-state index contributed by atoms with van der Waals surface area (Å²) in [7, 11) is 0. The average Bonchev–Trinajstić information content (AvgIpc) is 2.55. The number of nitrogens with zero attached hydrogens (tertiary/aromatic N) is 1. The van der Waals surface area contributed by atoms with Gasteiger partial charge in [0.05, 0.1) is 25.7 Å². The van der Waals surface area contributed by atoms with Crippen LogP contribution in [0, 0.1) is 11.8 Å². The predicted octanol–water partition coefficient (Wildman–Crippen LogP) is 3.83. The van der Waals surface area contributed by atoms with Crippen LogP contribution in [-0.2, 0) is 0 Å². The molecule has 3 unspecified atom stereocenters. The maximum Gasteiger partial charge on any atom is 0.0887 e. The van der Waals surface area contributed by atoms with Crippen molar-refractivity contribution in [3.8, 4) is 0 Å². The Morgan fingerprint density at radius 1 is 0.812 bits per heavy atom. The van der Waals surface area contributed by atoms with Crippen LogP contribution in [0.15, 0.2) is 0 Å². The van der Waals surface area contributed by atoms with Gasteiger partial charge in [-0.1, -0.05) is 13.8 Å². The number of hydrogen-bond acceptors (Lipinski definition) is 0. The van der Waals surface area contributed by atoms with E-state index in [4.69, 9.17) is 0 Å². The summed E-state index contributed by atoms with van der Waals surface area (Å²) >= 11 is 0. The quantitative estimate of drug-likeness (QED) is 0.549. The second kappa shape index (κ2) is 5.08. The highest BCUT2D eigenvalue weighted by molar-refractivity contribution is 4.73. The van der Waals surface area contributed by atoms with Crippen LogP contribution >= 0.6 is 0 Å². The molecule has 1 nitrogen and oxygen atoms in total. The van der Waals surface area contributed by atoms with Crippen LogP contribution in [0.4, 0.5) is 0 Å². The fourth-order valence-corrected chi connectivity index (χ4v) is 4.12. The van der Waals surface area contributed by atoms with E-state index in [9.17, 15) is 0 Å². The number of hydrogen-bond donors (Lipinski definition) is 0. The van der Waals surface area contributed by atoms with E-state index >= 15 is 0 Å². The monoisotopic (exact) mass is 224 g/mol. The minimum Gasteiger partial charge on any atom is -0.321 e. The van der Waals surface area contributed by atoms with Crippen LogP contribution in [0.3, 0.4) is 0 Å². The SMILES string of the molecule is CC1CC[N+]2(CCCCCC2)C(C)C(C)C1. The van der Waals surface area contributed by atoms with Gasteiger partial charge in [0.2, 0.25) is 0 Å². The fraction of sp³-hybridized carbons (Fsp3) is 1.00. The maximum atomic E-state index is 2.54. The lowest BCUT2D eigenvalue weighted by molar-refractivity contribution is -0.951. The van der Waals surface area contributed by atoms with Crippen LogP contribution in [0.5, 0.6) is 0 Å². The number of rotatable bonds is 0. The summed E-state index contributed by atoms with van der Waals surface area (Å²) in [4.78, 5) is 0. The first kappa shape index (κ1) is 12.4. The lowest BCUT2D eigenvalue weighted by Gasteiger charge is -2.44. The molecule has 2 aliphatic rings. The largest absolute Gasteiger partial charge is 0.321 e. The van der Waals surface area contributed by atoms with Crippen molar-refractivity contribution < 1.29 is 4.48 Å². The predicted molar refractivity (Wildman–Crippen MR) is 70.4 cm³/mol. The van der Waals surface area contributed by atoms with Gasteiger partial charge in [-0.3, -0.25) is 0 Å². The first-order chi connectivity index (χ1) is 7.64. The van der Waals surface area contributed by atoms with Crippen LogP contribution in [0.2, 0.25) is 0 Å². The molecule has 0 bridgehead atoms. The molecular formula is C15H30N+. The van der Waals surface area contributed by atoms with E-state index in [0.29, 0.717) is 0 Å². The standard InChI is InChI=1S/C15H30N/c1-13-8-11-16(15(3)14(2)12-13)9-6-4-5-7-10-16/h13-15H,4-12H2,1-3H3/q+1. The molecule has 3 atom stereocenters. The Bertz CT molecular complexity index is 215. The Hall–Kier alpha value is -0.0400. The highest BCUT2D eigenvalue weighted by Crippen LogP contribution is 2.34. The highest BCUT2D eigenvalue weighted by Gasteiger charge is 2.40. The fourth-order valence-electron chi connectivity index (χ4n) is 4.12. The minimum atomic E-state index is 0.906. The summed E-state index contributed by atoms with van der Waals surface area (Å²) in [6.45, 7) is 11.9. The molecule has 2 aliphatic heterocycles. The summed E-state index contributed by atoms with van der Waals surface area (Å²) in [6, 6.07) is 0.906. The van der Waals surface area contributed by atoms with Crippen LogP contribution in [0.1, 0.15) is 59.3 Å². The van der Waals surface area contributed by atoms with Crippen molar-refractivity contribution in [3.63, 3.8) is 0 Å². The summed E-state index contributed by atoms with van der Waals surface area (Å²) in [5, 5.41) is 0. The van der Waals surface area contributed by atoms with E-state index in [1.54, 1.807) is 0 Å². The van der Waals surface area contributed by atoms with Crippen molar-refractivity contribution in [2.75, 3.05) is 19.6 Å². The zero-order chi connectivity index (χ0) is 11.6. The minimum absolute atomic E-state index is 0.906. The van der Waals surface area contributed by atoms with E-state index in [-0.39, 0.29) is 0 Å². The van der Waals surface area contributed by atoms with Gasteiger partial charge in [-0.05, 0) is 51.4 Å². The molecule has 0 N–H and O–H groups in total. The topological polar surface area (TPSA) is 0 Å². The second-order valence-corrected chi connectivity index (χ2v) is 6.65. The molecule has 0 amide bonds. The molecule has 0 aromatic heterocycles. The molecule has 94 valence electrons. The van der Waals surface area contributed by atoms with Gasteiger partial charge in [-0.2, -0.15) is 0 Å². The van der Waals surface area contributed by atoms with E-state index < -0.39 is 0 Å². The van der Waals surface area contributed by atoms with Crippen molar-refractivity contribution in [1.29, 1.82) is 0 Å². The van der Waals surface area contributed by atoms with Gasteiger partial charge in [0.25, 0.3) is 0 Å². The Balaban J connectivity index is 2.15. The molecule has 1 spiro atoms. The zero-order valence-electron chi connectivity index (χ0n) is 11.5. The first-order valence-electron chi connectivity index (χ1n) is 7.50. The maximum absolute atomic E-state index is 2.54. The van der Waals surface area contributed by atoms with Crippen molar-refractivity contribution in [2.45, 2.75) is 65.3 Å². The van der Waals surface area contributed by atoms with Crippen molar-refractivity contribution in [1.82, 2.24) is 0 Å². The van der Waals surface area contributed by atoms with Gasteiger partial charge in [-0.15, -0.1) is 0 Å². The van der Waals surface area contributed by atoms with E-state index in [1.165, 1.54) is 62.6 Å². The molecule has 0 aromatic carbocycles. The van der Waals surface area contributed by atoms with Gasteiger partial charge in [0, 0.05) is 5.92 Å². The molecule has 1 heteroatoms. The van der Waals surface area contributed by atoms with Gasteiger partial charge in [0.15, 0.2) is 0 Å². The molecular weight excluding hydrogens is 194 g/mol. The van der Waals surface area contributed by atoms with Gasteiger partial charge in [0.1, 0.15) is 0 Å². The zero-order valence-corrected chi connectivity index (χ0v) is 11.5. The molecule has 0 saturated carbocycles. The summed E-state index contributed by atoms with van der Waals surface area (Å²) in [5.41, 5.74) is 0. The van der Waals surface area contributed by atoms with Crippen molar-refractivity contribution >= 4 is 0 Å². The van der Waals surface area contributed by atoms with Crippen molar-refractivity contribution in [2.24, 2.45) is 11.8 Å². The average molecular weight is 224 g/mol. The van der Waals surface area contributed by atoms with E-state index in [1.807, 2.05) is 0 Å². The van der Waals surface area contributed by atoms with Crippen LogP contribution < -0.4 is 0 Å². The Labute approximate surface area is 102 Å². The summed E-state index contributed by atoms with van der Waals surface area (Å²) in [5.74, 6) is 1.88. The Morgan fingerprint density at radius 3 is 2.06 bits per heavy atom. The third-order valence-electron chi connectivity index (χ3n) is 5.49. The smallest absolute Gasteiger partial charge is 0.0887 e. The molecule has 0 aromatic rings. The first-order valence-corrected chi connectivity index (χ1v) is 7.50. The van der Waals surface area contributed by atoms with Crippen LogP contribution in [-0.4, -0.2) is 30.2 Å². The highest BCUT2D eigenvalue weighted by atomic mass is 15.4. The lowest BCUT2D eigenvalue weighted by atomic mass is 9.92. The molecule has 2 heterocycles. The molecule has 0 aliphatic carbocycles. The molecule has 2 rings (SSSR count). The molecule has 2 fully saturated rings. The lowest BCUT2D eigenvalue weighted by Crippen LogP contribution is -2.56. The number of quaternary nitrogens is 1. The summed E-state index contributed by atoms with van der Waals surface area (Å²) in [6.07, 6.45) is 8.85. The molecule has 2 saturated heterocycles. The Morgan fingerprint density at radius 2 is 1.44 bits per heavy atom. The van der Waals surface area contributed by atoms with E-state index in [2.05, 4.69) is 20.8 Å². The Kier molecular flexibility index (Phi) is 3.94. The van der Waals surface area contributed by atoms with Gasteiger partial charge >= 0.3 is 0 Å². The van der Waals surface area contributed by atoms with Gasteiger partial charge < -0.3 is 4.48 Å². The molecule has 16 heavy (non-hydrogen) atoms. The summed E-state index contributed by atoms with van der Waals surface area (Å²) < 4.78 is 1.46.